The second-order valence-corrected chi connectivity index (χ2v) is 10.1. The number of carbonyl (C=O) groups is 1. The molecule has 2 N–H and O–H groups in total. The van der Waals surface area contributed by atoms with Gasteiger partial charge in [-0.1, -0.05) is 6.07 Å². The Balaban J connectivity index is 1.49. The highest BCUT2D eigenvalue weighted by Gasteiger charge is 2.42. The van der Waals surface area contributed by atoms with Crippen molar-refractivity contribution in [2.75, 3.05) is 24.1 Å². The van der Waals surface area contributed by atoms with Crippen molar-refractivity contribution in [2.45, 2.75) is 32.9 Å². The molecule has 6 rings (SSSR count). The minimum absolute atomic E-state index is 0.187. The lowest BCUT2D eigenvalue weighted by Gasteiger charge is -2.29. The monoisotopic (exact) mass is 555 g/mol. The molecule has 40 heavy (non-hydrogen) atoms. The van der Waals surface area contributed by atoms with Crippen LogP contribution in [0.5, 0.6) is 17.2 Å². The molecule has 0 spiro atoms. The number of pyridine rings is 1. The minimum Gasteiger partial charge on any atom is -0.495 e. The second-order valence-electron chi connectivity index (χ2n) is 9.76. The molecule has 2 aliphatic heterocycles. The van der Waals surface area contributed by atoms with Gasteiger partial charge in [-0.2, -0.15) is 0 Å². The van der Waals surface area contributed by atoms with E-state index in [1.807, 2.05) is 54.6 Å². The molecule has 2 aliphatic rings. The molecule has 1 saturated heterocycles. The zero-order valence-electron chi connectivity index (χ0n) is 22.6. The predicted molar refractivity (Wildman–Crippen MR) is 157 cm³/mol. The maximum atomic E-state index is 11.9. The van der Waals surface area contributed by atoms with E-state index in [9.17, 15) is 4.79 Å². The third kappa shape index (κ3) is 4.40. The van der Waals surface area contributed by atoms with E-state index in [0.29, 0.717) is 16.5 Å². The molecule has 0 aliphatic carbocycles. The first-order valence-corrected chi connectivity index (χ1v) is 13.3. The Morgan fingerprint density at radius 2 is 1.88 bits per heavy atom. The van der Waals surface area contributed by atoms with Crippen molar-refractivity contribution in [1.82, 2.24) is 14.9 Å². The standard InChI is InChI=1S/C30H29N5O4S/c1-17-13-22(18(2)34(17)21-9-11-26-27(15-21)39-16-38-26)29-28(23-7-5-6-12-31-23)33-30(40)35(29)20-8-10-25(37-4)24(14-20)32-19(3)36/h5-15,28-29H,16H2,1-4H3,(H,32,36)(H,33,40). The highest BCUT2D eigenvalue weighted by Crippen LogP contribution is 2.45. The summed E-state index contributed by atoms with van der Waals surface area (Å²) in [6, 6.07) is 19.3. The number of hydrogen-bond acceptors (Lipinski definition) is 6. The summed E-state index contributed by atoms with van der Waals surface area (Å²) in [5.41, 5.74) is 6.47. The number of carbonyl (C=O) groups excluding carboxylic acids is 1. The Morgan fingerprint density at radius 1 is 1.07 bits per heavy atom. The quantitative estimate of drug-likeness (QED) is 0.307. The van der Waals surface area contributed by atoms with Crippen LogP contribution in [-0.4, -0.2) is 34.5 Å². The van der Waals surface area contributed by atoms with Crippen molar-refractivity contribution in [1.29, 1.82) is 0 Å². The van der Waals surface area contributed by atoms with E-state index < -0.39 is 0 Å². The molecule has 1 fully saturated rings. The van der Waals surface area contributed by atoms with Crippen molar-refractivity contribution in [2.24, 2.45) is 0 Å². The van der Waals surface area contributed by atoms with Crippen molar-refractivity contribution < 1.29 is 19.0 Å². The van der Waals surface area contributed by atoms with Crippen LogP contribution < -0.4 is 29.7 Å². The third-order valence-electron chi connectivity index (χ3n) is 7.27. The van der Waals surface area contributed by atoms with Gasteiger partial charge in [0.2, 0.25) is 12.7 Å². The smallest absolute Gasteiger partial charge is 0.231 e. The van der Waals surface area contributed by atoms with Crippen LogP contribution in [0.2, 0.25) is 0 Å². The summed E-state index contributed by atoms with van der Waals surface area (Å²) < 4.78 is 18.9. The number of methoxy groups -OCH3 is 1. The van der Waals surface area contributed by atoms with Gasteiger partial charge < -0.3 is 34.3 Å². The average Bonchev–Trinajstić information content (AvgIpc) is 3.63. The summed E-state index contributed by atoms with van der Waals surface area (Å²) in [6.45, 7) is 5.89. The molecule has 0 bridgehead atoms. The average molecular weight is 556 g/mol. The van der Waals surface area contributed by atoms with Gasteiger partial charge in [-0.25, -0.2) is 0 Å². The summed E-state index contributed by atoms with van der Waals surface area (Å²) in [5.74, 6) is 1.85. The molecule has 10 heteroatoms. The van der Waals surface area contributed by atoms with Crippen LogP contribution in [0.25, 0.3) is 5.69 Å². The highest BCUT2D eigenvalue weighted by atomic mass is 32.1. The Morgan fingerprint density at radius 3 is 2.62 bits per heavy atom. The van der Waals surface area contributed by atoms with Gasteiger partial charge >= 0.3 is 0 Å². The van der Waals surface area contributed by atoms with Crippen molar-refractivity contribution in [3.63, 3.8) is 0 Å². The number of amides is 1. The van der Waals surface area contributed by atoms with E-state index in [1.54, 1.807) is 13.3 Å². The number of benzene rings is 2. The SMILES string of the molecule is COc1ccc(N2C(=S)NC(c3ccccn3)C2c2cc(C)n(-c3ccc4c(c3)OCO4)c2C)cc1NC(C)=O. The number of fused-ring (bicyclic) bond motifs is 1. The Kier molecular flexibility index (Phi) is 6.55. The first kappa shape index (κ1) is 25.7. The van der Waals surface area contributed by atoms with Crippen LogP contribution in [0.3, 0.4) is 0 Å². The zero-order valence-corrected chi connectivity index (χ0v) is 23.4. The number of nitrogens with one attached hydrogen (secondary N) is 2. The fourth-order valence-corrected chi connectivity index (χ4v) is 5.94. The number of nitrogens with zero attached hydrogens (tertiary/aromatic N) is 3. The Hall–Kier alpha value is -4.57. The number of aromatic nitrogens is 2. The van der Waals surface area contributed by atoms with Gasteiger partial charge in [0.05, 0.1) is 30.6 Å². The van der Waals surface area contributed by atoms with E-state index in [-0.39, 0.29) is 24.8 Å². The number of rotatable bonds is 6. The van der Waals surface area contributed by atoms with Crippen molar-refractivity contribution in [3.8, 4) is 22.9 Å². The van der Waals surface area contributed by atoms with E-state index in [4.69, 9.17) is 26.4 Å². The van der Waals surface area contributed by atoms with Gasteiger partial charge in [-0.3, -0.25) is 9.78 Å². The maximum Gasteiger partial charge on any atom is 0.231 e. The first-order chi connectivity index (χ1) is 19.4. The lowest BCUT2D eigenvalue weighted by atomic mass is 9.96. The molecule has 1 amide bonds. The molecule has 4 aromatic rings. The fourth-order valence-electron chi connectivity index (χ4n) is 5.59. The van der Waals surface area contributed by atoms with E-state index in [1.165, 1.54) is 6.92 Å². The number of thiocarbonyl (C=S) groups is 1. The van der Waals surface area contributed by atoms with Crippen LogP contribution in [0.1, 0.15) is 41.7 Å². The lowest BCUT2D eigenvalue weighted by Crippen LogP contribution is -2.29. The van der Waals surface area contributed by atoms with E-state index in [2.05, 4.69) is 45.0 Å². The van der Waals surface area contributed by atoms with Crippen LogP contribution in [-0.2, 0) is 4.79 Å². The summed E-state index contributed by atoms with van der Waals surface area (Å²) in [4.78, 5) is 18.7. The largest absolute Gasteiger partial charge is 0.495 e. The zero-order chi connectivity index (χ0) is 28.0. The third-order valence-corrected chi connectivity index (χ3v) is 7.59. The van der Waals surface area contributed by atoms with Gasteiger partial charge in [0, 0.05) is 41.9 Å². The highest BCUT2D eigenvalue weighted by molar-refractivity contribution is 7.80. The predicted octanol–water partition coefficient (Wildman–Crippen LogP) is 5.36. The van der Waals surface area contributed by atoms with E-state index in [0.717, 1.165) is 45.5 Å². The molecular formula is C30H29N5O4S. The molecule has 0 saturated carbocycles. The summed E-state index contributed by atoms with van der Waals surface area (Å²) in [5, 5.41) is 6.95. The number of ether oxygens (including phenoxy) is 3. The van der Waals surface area contributed by atoms with Gasteiger partial charge in [-0.05, 0) is 80.2 Å². The summed E-state index contributed by atoms with van der Waals surface area (Å²) >= 11 is 5.93. The molecule has 2 atom stereocenters. The van der Waals surface area contributed by atoms with E-state index >= 15 is 0 Å². The van der Waals surface area contributed by atoms with Gasteiger partial charge in [0.25, 0.3) is 0 Å². The molecule has 2 aromatic heterocycles. The van der Waals surface area contributed by atoms with Gasteiger partial charge in [0.15, 0.2) is 16.6 Å². The van der Waals surface area contributed by atoms with Crippen LogP contribution >= 0.6 is 12.2 Å². The summed E-state index contributed by atoms with van der Waals surface area (Å²) in [7, 11) is 1.58. The topological polar surface area (TPSA) is 89.9 Å². The van der Waals surface area contributed by atoms with Crippen molar-refractivity contribution >= 4 is 34.6 Å². The number of aryl methyl sites for hydroxylation is 1. The fraction of sp³-hybridized carbons (Fsp3) is 0.233. The van der Waals surface area contributed by atoms with Crippen LogP contribution in [0, 0.1) is 13.8 Å². The molecule has 2 aromatic carbocycles. The second kappa shape index (κ2) is 10.2. The minimum atomic E-state index is -0.227. The number of hydrogen-bond donors (Lipinski definition) is 2. The van der Waals surface area contributed by atoms with Gasteiger partial charge in [-0.15, -0.1) is 0 Å². The first-order valence-electron chi connectivity index (χ1n) is 12.9. The normalized spacial score (nSPS) is 17.6. The molecule has 0 radical (unpaired) electrons. The Labute approximate surface area is 237 Å². The molecule has 9 nitrogen and oxygen atoms in total. The number of anilines is 2. The molecule has 4 heterocycles. The van der Waals surface area contributed by atoms with Gasteiger partial charge in [0.1, 0.15) is 5.75 Å². The van der Waals surface area contributed by atoms with Crippen LogP contribution in [0.15, 0.2) is 66.9 Å². The lowest BCUT2D eigenvalue weighted by molar-refractivity contribution is -0.114. The Bertz CT molecular complexity index is 1620. The summed E-state index contributed by atoms with van der Waals surface area (Å²) in [6.07, 6.45) is 1.79. The van der Waals surface area contributed by atoms with Crippen LogP contribution in [0.4, 0.5) is 11.4 Å². The maximum absolute atomic E-state index is 11.9. The molecular weight excluding hydrogens is 526 g/mol. The molecule has 204 valence electrons. The van der Waals surface area contributed by atoms with Crippen molar-refractivity contribution in [3.05, 3.63) is 89.5 Å². The molecule has 2 unspecified atom stereocenters.